The van der Waals surface area contributed by atoms with Crippen LogP contribution in [-0.4, -0.2) is 11.1 Å². The molecule has 0 aliphatic carbocycles. The van der Waals surface area contributed by atoms with Crippen LogP contribution in [0, 0.1) is 0 Å². The van der Waals surface area contributed by atoms with Gasteiger partial charge in [-0.1, -0.05) is 28.1 Å². The van der Waals surface area contributed by atoms with Gasteiger partial charge in [0.25, 0.3) is 0 Å². The molecule has 0 saturated carbocycles. The van der Waals surface area contributed by atoms with Crippen LogP contribution in [0.2, 0.25) is 0 Å². The van der Waals surface area contributed by atoms with Gasteiger partial charge in [0, 0.05) is 15.4 Å². The highest BCUT2D eigenvalue weighted by Crippen LogP contribution is 2.33. The summed E-state index contributed by atoms with van der Waals surface area (Å²) in [6.45, 7) is 0. The van der Waals surface area contributed by atoms with Gasteiger partial charge in [0.2, 0.25) is 0 Å². The minimum Gasteiger partial charge on any atom is -0.481 e. The lowest BCUT2D eigenvalue weighted by molar-refractivity contribution is -0.136. The van der Waals surface area contributed by atoms with Crippen LogP contribution in [0.15, 0.2) is 45.5 Å². The molecule has 0 amide bonds. The van der Waals surface area contributed by atoms with Crippen LogP contribution in [0.1, 0.15) is 5.56 Å². The second kappa shape index (κ2) is 4.14. The van der Waals surface area contributed by atoms with Gasteiger partial charge in [0.15, 0.2) is 0 Å². The summed E-state index contributed by atoms with van der Waals surface area (Å²) in [7, 11) is 0. The standard InChI is InChI=1S/C14H9BrO3/c15-11-3-1-2-10-9(11)4-5-12-14(10)8(7-18-12)6-13(16)17/h1-5,7H,6H2,(H,16,17). The Morgan fingerprint density at radius 2 is 2.06 bits per heavy atom. The zero-order chi connectivity index (χ0) is 12.7. The predicted molar refractivity (Wildman–Crippen MR) is 72.8 cm³/mol. The topological polar surface area (TPSA) is 50.4 Å². The molecule has 0 bridgehead atoms. The van der Waals surface area contributed by atoms with Crippen LogP contribution in [-0.2, 0) is 11.2 Å². The number of furan rings is 1. The largest absolute Gasteiger partial charge is 0.481 e. The molecule has 0 atom stereocenters. The second-order valence-electron chi connectivity index (χ2n) is 4.11. The van der Waals surface area contributed by atoms with E-state index < -0.39 is 5.97 Å². The fourth-order valence-electron chi connectivity index (χ4n) is 2.22. The molecule has 0 aliphatic heterocycles. The summed E-state index contributed by atoms with van der Waals surface area (Å²) in [4.78, 5) is 10.9. The number of hydrogen-bond donors (Lipinski definition) is 1. The fraction of sp³-hybridized carbons (Fsp3) is 0.0714. The highest BCUT2D eigenvalue weighted by molar-refractivity contribution is 9.10. The first-order valence-corrected chi connectivity index (χ1v) is 6.25. The van der Waals surface area contributed by atoms with E-state index in [0.717, 1.165) is 26.2 Å². The first-order chi connectivity index (χ1) is 8.66. The summed E-state index contributed by atoms with van der Waals surface area (Å²) in [6, 6.07) is 9.71. The molecule has 1 N–H and O–H groups in total. The Labute approximate surface area is 111 Å². The van der Waals surface area contributed by atoms with Gasteiger partial charge in [-0.2, -0.15) is 0 Å². The van der Waals surface area contributed by atoms with Crippen molar-refractivity contribution in [2.24, 2.45) is 0 Å². The number of halogens is 1. The van der Waals surface area contributed by atoms with E-state index in [4.69, 9.17) is 9.52 Å². The van der Waals surface area contributed by atoms with E-state index in [0.29, 0.717) is 5.56 Å². The number of fused-ring (bicyclic) bond motifs is 3. The Bertz CT molecular complexity index is 758. The average Bonchev–Trinajstić information content (AvgIpc) is 2.72. The fourth-order valence-corrected chi connectivity index (χ4v) is 2.71. The number of carbonyl (C=O) groups is 1. The van der Waals surface area contributed by atoms with Crippen LogP contribution in [0.5, 0.6) is 0 Å². The molecule has 3 rings (SSSR count). The maximum Gasteiger partial charge on any atom is 0.307 e. The lowest BCUT2D eigenvalue weighted by atomic mass is 10.0. The highest BCUT2D eigenvalue weighted by atomic mass is 79.9. The van der Waals surface area contributed by atoms with Gasteiger partial charge in [-0.15, -0.1) is 0 Å². The first kappa shape index (κ1) is 11.3. The Hall–Kier alpha value is -1.81. The summed E-state index contributed by atoms with van der Waals surface area (Å²) < 4.78 is 6.41. The Morgan fingerprint density at radius 3 is 2.83 bits per heavy atom. The van der Waals surface area contributed by atoms with Crippen molar-refractivity contribution in [3.63, 3.8) is 0 Å². The summed E-state index contributed by atoms with van der Waals surface area (Å²) in [5.41, 5.74) is 1.43. The normalized spacial score (nSPS) is 11.2. The van der Waals surface area contributed by atoms with Crippen molar-refractivity contribution < 1.29 is 14.3 Å². The summed E-state index contributed by atoms with van der Waals surface area (Å²) in [6.07, 6.45) is 1.50. The Balaban J connectivity index is 2.40. The van der Waals surface area contributed by atoms with E-state index in [1.54, 1.807) is 0 Å². The SMILES string of the molecule is O=C(O)Cc1coc2ccc3c(Br)cccc3c12. The van der Waals surface area contributed by atoms with Crippen LogP contribution in [0.25, 0.3) is 21.7 Å². The zero-order valence-corrected chi connectivity index (χ0v) is 10.9. The molecule has 0 aliphatic rings. The second-order valence-corrected chi connectivity index (χ2v) is 4.96. The van der Waals surface area contributed by atoms with Crippen molar-refractivity contribution >= 4 is 43.6 Å². The van der Waals surface area contributed by atoms with E-state index >= 15 is 0 Å². The molecule has 90 valence electrons. The molecule has 0 fully saturated rings. The third-order valence-electron chi connectivity index (χ3n) is 2.96. The van der Waals surface area contributed by atoms with Crippen molar-refractivity contribution in [3.8, 4) is 0 Å². The van der Waals surface area contributed by atoms with Crippen molar-refractivity contribution in [3.05, 3.63) is 46.6 Å². The van der Waals surface area contributed by atoms with E-state index in [2.05, 4.69) is 15.9 Å². The van der Waals surface area contributed by atoms with Crippen LogP contribution in [0.4, 0.5) is 0 Å². The molecule has 3 aromatic rings. The summed E-state index contributed by atoms with van der Waals surface area (Å²) >= 11 is 3.50. The Kier molecular flexibility index (Phi) is 2.59. The van der Waals surface area contributed by atoms with Gasteiger partial charge in [0.1, 0.15) is 5.58 Å². The molecular formula is C14H9BrO3. The molecule has 4 heteroatoms. The van der Waals surface area contributed by atoms with Gasteiger partial charge >= 0.3 is 5.97 Å². The van der Waals surface area contributed by atoms with Crippen molar-refractivity contribution in [2.45, 2.75) is 6.42 Å². The van der Waals surface area contributed by atoms with Gasteiger partial charge in [0.05, 0.1) is 12.7 Å². The molecule has 0 unspecified atom stereocenters. The number of aliphatic carboxylic acids is 1. The zero-order valence-electron chi connectivity index (χ0n) is 9.31. The molecule has 0 spiro atoms. The first-order valence-electron chi connectivity index (χ1n) is 5.46. The number of carboxylic acid groups (broad SMARTS) is 1. The smallest absolute Gasteiger partial charge is 0.307 e. The lowest BCUT2D eigenvalue weighted by Crippen LogP contribution is -1.98. The Morgan fingerprint density at radius 1 is 1.22 bits per heavy atom. The van der Waals surface area contributed by atoms with Gasteiger partial charge in [-0.25, -0.2) is 0 Å². The number of rotatable bonds is 2. The van der Waals surface area contributed by atoms with E-state index in [9.17, 15) is 4.79 Å². The molecule has 1 aromatic heterocycles. The quantitative estimate of drug-likeness (QED) is 0.779. The van der Waals surface area contributed by atoms with Crippen LogP contribution in [0.3, 0.4) is 0 Å². The molecule has 0 radical (unpaired) electrons. The number of benzene rings is 2. The lowest BCUT2D eigenvalue weighted by Gasteiger charge is -2.02. The average molecular weight is 305 g/mol. The van der Waals surface area contributed by atoms with E-state index in [-0.39, 0.29) is 6.42 Å². The van der Waals surface area contributed by atoms with Crippen molar-refractivity contribution in [1.29, 1.82) is 0 Å². The monoisotopic (exact) mass is 304 g/mol. The van der Waals surface area contributed by atoms with E-state index in [1.165, 1.54) is 6.26 Å². The molecule has 1 heterocycles. The number of carboxylic acids is 1. The third-order valence-corrected chi connectivity index (χ3v) is 3.65. The molecular weight excluding hydrogens is 296 g/mol. The van der Waals surface area contributed by atoms with Gasteiger partial charge in [-0.05, 0) is 29.0 Å². The predicted octanol–water partition coefficient (Wildman–Crippen LogP) is 3.98. The van der Waals surface area contributed by atoms with Crippen molar-refractivity contribution in [1.82, 2.24) is 0 Å². The third kappa shape index (κ3) is 1.69. The maximum atomic E-state index is 10.9. The van der Waals surface area contributed by atoms with Crippen LogP contribution >= 0.6 is 15.9 Å². The van der Waals surface area contributed by atoms with Gasteiger partial charge in [-0.3, -0.25) is 4.79 Å². The molecule has 3 nitrogen and oxygen atoms in total. The highest BCUT2D eigenvalue weighted by Gasteiger charge is 2.13. The van der Waals surface area contributed by atoms with Crippen molar-refractivity contribution in [2.75, 3.05) is 0 Å². The molecule has 2 aromatic carbocycles. The maximum absolute atomic E-state index is 10.9. The van der Waals surface area contributed by atoms with Gasteiger partial charge < -0.3 is 9.52 Å². The minimum absolute atomic E-state index is 0.0291. The summed E-state index contributed by atoms with van der Waals surface area (Å²) in [5.74, 6) is -0.857. The molecule has 18 heavy (non-hydrogen) atoms. The minimum atomic E-state index is -0.857. The van der Waals surface area contributed by atoms with E-state index in [1.807, 2.05) is 30.3 Å². The number of hydrogen-bond acceptors (Lipinski definition) is 2. The van der Waals surface area contributed by atoms with Crippen LogP contribution < -0.4 is 0 Å². The molecule has 0 saturated heterocycles. The summed E-state index contributed by atoms with van der Waals surface area (Å²) in [5, 5.41) is 11.9.